The van der Waals surface area contributed by atoms with Gasteiger partial charge in [0.1, 0.15) is 0 Å². The second-order valence-corrected chi connectivity index (χ2v) is 11.0. The standard InChI is InChI=1S/C27H30O2S/c1-7-29-25(28)21-13-10-19(11-14-21)8-9-20-12-15-23-22(18-20)24(30-26(2,3)4)16-17-27(23,5)6/h10-16,18H,7,17H2,1-6H3. The van der Waals surface area contributed by atoms with Crippen LogP contribution in [0, 0.1) is 11.8 Å². The van der Waals surface area contributed by atoms with Crippen LogP contribution in [0.25, 0.3) is 4.91 Å². The molecule has 0 amide bonds. The van der Waals surface area contributed by atoms with Gasteiger partial charge in [-0.05, 0) is 66.3 Å². The summed E-state index contributed by atoms with van der Waals surface area (Å²) in [5.74, 6) is 6.21. The van der Waals surface area contributed by atoms with Gasteiger partial charge in [-0.2, -0.15) is 0 Å². The number of carbonyl (C=O) groups excluding carboxylic acids is 1. The Morgan fingerprint density at radius 1 is 1.07 bits per heavy atom. The molecule has 1 aliphatic carbocycles. The minimum atomic E-state index is -0.301. The summed E-state index contributed by atoms with van der Waals surface area (Å²) in [6.07, 6.45) is 3.43. The van der Waals surface area contributed by atoms with Gasteiger partial charge in [0.25, 0.3) is 0 Å². The third-order valence-corrected chi connectivity index (χ3v) is 6.19. The number of hydrogen-bond acceptors (Lipinski definition) is 3. The highest BCUT2D eigenvalue weighted by atomic mass is 32.2. The molecule has 0 saturated carbocycles. The molecule has 3 rings (SSSR count). The van der Waals surface area contributed by atoms with Gasteiger partial charge in [-0.25, -0.2) is 4.79 Å². The molecule has 0 N–H and O–H groups in total. The highest BCUT2D eigenvalue weighted by molar-refractivity contribution is 8.09. The van der Waals surface area contributed by atoms with Crippen molar-refractivity contribution >= 4 is 22.6 Å². The molecule has 0 spiro atoms. The lowest BCUT2D eigenvalue weighted by molar-refractivity contribution is 0.0526. The molecular weight excluding hydrogens is 388 g/mol. The zero-order valence-electron chi connectivity index (χ0n) is 18.8. The Morgan fingerprint density at radius 3 is 2.33 bits per heavy atom. The van der Waals surface area contributed by atoms with Crippen LogP contribution in [0.5, 0.6) is 0 Å². The van der Waals surface area contributed by atoms with E-state index in [1.807, 2.05) is 23.9 Å². The maximum atomic E-state index is 11.8. The van der Waals surface area contributed by atoms with Crippen LogP contribution >= 0.6 is 11.8 Å². The monoisotopic (exact) mass is 418 g/mol. The van der Waals surface area contributed by atoms with Gasteiger partial charge in [0.2, 0.25) is 0 Å². The number of hydrogen-bond donors (Lipinski definition) is 0. The average Bonchev–Trinajstić information content (AvgIpc) is 2.68. The van der Waals surface area contributed by atoms with E-state index in [2.05, 4.69) is 70.7 Å². The maximum absolute atomic E-state index is 11.8. The number of fused-ring (bicyclic) bond motifs is 1. The Bertz CT molecular complexity index is 1030. The molecule has 0 fully saturated rings. The molecule has 0 unspecified atom stereocenters. The van der Waals surface area contributed by atoms with Crippen molar-refractivity contribution in [1.82, 2.24) is 0 Å². The first kappa shape index (κ1) is 22.2. The van der Waals surface area contributed by atoms with E-state index in [0.29, 0.717) is 12.2 Å². The van der Waals surface area contributed by atoms with Crippen LogP contribution in [-0.4, -0.2) is 17.3 Å². The Hall–Kier alpha value is -2.44. The highest BCUT2D eigenvalue weighted by Gasteiger charge is 2.29. The number of carbonyl (C=O) groups is 1. The topological polar surface area (TPSA) is 26.3 Å². The minimum Gasteiger partial charge on any atom is -0.462 e. The predicted molar refractivity (Wildman–Crippen MR) is 128 cm³/mol. The molecule has 1 aliphatic rings. The third kappa shape index (κ3) is 5.37. The van der Waals surface area contributed by atoms with E-state index in [4.69, 9.17) is 4.74 Å². The van der Waals surface area contributed by atoms with Gasteiger partial charge in [0.15, 0.2) is 0 Å². The summed E-state index contributed by atoms with van der Waals surface area (Å²) in [5, 5.41) is 0. The number of thioether (sulfide) groups is 1. The van der Waals surface area contributed by atoms with Gasteiger partial charge in [0.05, 0.1) is 12.2 Å². The first-order valence-electron chi connectivity index (χ1n) is 10.4. The van der Waals surface area contributed by atoms with E-state index >= 15 is 0 Å². The zero-order chi connectivity index (χ0) is 21.9. The Morgan fingerprint density at radius 2 is 1.70 bits per heavy atom. The van der Waals surface area contributed by atoms with Crippen molar-refractivity contribution in [2.24, 2.45) is 0 Å². The lowest BCUT2D eigenvalue weighted by atomic mass is 9.75. The first-order valence-corrected chi connectivity index (χ1v) is 11.2. The summed E-state index contributed by atoms with van der Waals surface area (Å²) in [6, 6.07) is 13.8. The van der Waals surface area contributed by atoms with Crippen LogP contribution in [0.15, 0.2) is 48.5 Å². The summed E-state index contributed by atoms with van der Waals surface area (Å²) < 4.78 is 5.19. The largest absolute Gasteiger partial charge is 0.462 e. The van der Waals surface area contributed by atoms with E-state index in [-0.39, 0.29) is 16.1 Å². The van der Waals surface area contributed by atoms with Crippen molar-refractivity contribution < 1.29 is 9.53 Å². The van der Waals surface area contributed by atoms with Gasteiger partial charge >= 0.3 is 5.97 Å². The normalized spacial score (nSPS) is 14.8. The summed E-state index contributed by atoms with van der Waals surface area (Å²) in [4.78, 5) is 13.1. The second-order valence-electron chi connectivity index (χ2n) is 9.18. The van der Waals surface area contributed by atoms with Crippen LogP contribution in [0.1, 0.15) is 80.6 Å². The van der Waals surface area contributed by atoms with Crippen molar-refractivity contribution in [1.29, 1.82) is 0 Å². The molecule has 156 valence electrons. The van der Waals surface area contributed by atoms with E-state index in [0.717, 1.165) is 17.5 Å². The molecule has 2 nitrogen and oxygen atoms in total. The van der Waals surface area contributed by atoms with Gasteiger partial charge in [-0.1, -0.05) is 58.6 Å². The highest BCUT2D eigenvalue weighted by Crippen LogP contribution is 2.46. The van der Waals surface area contributed by atoms with E-state index in [1.54, 1.807) is 19.1 Å². The predicted octanol–water partition coefficient (Wildman–Crippen LogP) is 6.82. The van der Waals surface area contributed by atoms with Crippen LogP contribution in [0.4, 0.5) is 0 Å². The smallest absolute Gasteiger partial charge is 0.338 e. The summed E-state index contributed by atoms with van der Waals surface area (Å²) in [6.45, 7) is 13.5. The number of esters is 1. The fourth-order valence-electron chi connectivity index (χ4n) is 3.46. The molecule has 0 bridgehead atoms. The fourth-order valence-corrected chi connectivity index (χ4v) is 4.56. The average molecular weight is 419 g/mol. The SMILES string of the molecule is CCOC(=O)c1ccc(C#Cc2ccc3c(c2)C(SC(C)(C)C)=CCC3(C)C)cc1. The van der Waals surface area contributed by atoms with Gasteiger partial charge in [-0.15, -0.1) is 11.8 Å². The Balaban J connectivity index is 1.89. The van der Waals surface area contributed by atoms with Crippen LogP contribution in [-0.2, 0) is 10.2 Å². The zero-order valence-corrected chi connectivity index (χ0v) is 19.6. The molecule has 0 atom stereocenters. The molecule has 3 heteroatoms. The first-order chi connectivity index (χ1) is 14.1. The lowest BCUT2D eigenvalue weighted by Gasteiger charge is -2.33. The second kappa shape index (κ2) is 8.74. The summed E-state index contributed by atoms with van der Waals surface area (Å²) in [5.41, 5.74) is 5.25. The molecule has 0 aromatic heterocycles. The Kier molecular flexibility index (Phi) is 6.48. The molecular formula is C27H30O2S. The molecule has 2 aromatic rings. The van der Waals surface area contributed by atoms with Gasteiger partial charge < -0.3 is 4.74 Å². The quantitative estimate of drug-likeness (QED) is 0.404. The van der Waals surface area contributed by atoms with Crippen LogP contribution in [0.2, 0.25) is 0 Å². The lowest BCUT2D eigenvalue weighted by Crippen LogP contribution is -2.22. The molecule has 0 aliphatic heterocycles. The summed E-state index contributed by atoms with van der Waals surface area (Å²) >= 11 is 1.92. The molecule has 0 radical (unpaired) electrons. The van der Waals surface area contributed by atoms with Crippen molar-refractivity contribution in [2.75, 3.05) is 6.61 Å². The maximum Gasteiger partial charge on any atom is 0.338 e. The van der Waals surface area contributed by atoms with Crippen molar-refractivity contribution in [3.8, 4) is 11.8 Å². The Labute approximate surface area is 185 Å². The van der Waals surface area contributed by atoms with Crippen LogP contribution < -0.4 is 0 Å². The third-order valence-electron chi connectivity index (χ3n) is 4.98. The summed E-state index contributed by atoms with van der Waals surface area (Å²) in [7, 11) is 0. The van der Waals surface area contributed by atoms with Gasteiger partial charge in [0, 0.05) is 20.8 Å². The molecule has 0 saturated heterocycles. The van der Waals surface area contributed by atoms with Crippen molar-refractivity contribution in [3.05, 3.63) is 76.4 Å². The number of rotatable bonds is 3. The fraction of sp³-hybridized carbons (Fsp3) is 0.370. The number of ether oxygens (including phenoxy) is 1. The van der Waals surface area contributed by atoms with Gasteiger partial charge in [-0.3, -0.25) is 0 Å². The minimum absolute atomic E-state index is 0.131. The molecule has 2 aromatic carbocycles. The van der Waals surface area contributed by atoms with Crippen molar-refractivity contribution in [2.45, 2.75) is 58.1 Å². The number of benzene rings is 2. The van der Waals surface area contributed by atoms with Crippen molar-refractivity contribution in [3.63, 3.8) is 0 Å². The number of allylic oxidation sites excluding steroid dienone is 1. The van der Waals surface area contributed by atoms with E-state index < -0.39 is 0 Å². The van der Waals surface area contributed by atoms with E-state index in [1.165, 1.54) is 16.0 Å². The van der Waals surface area contributed by atoms with Crippen LogP contribution in [0.3, 0.4) is 0 Å². The van der Waals surface area contributed by atoms with E-state index in [9.17, 15) is 4.79 Å². The molecule has 0 heterocycles. The molecule has 30 heavy (non-hydrogen) atoms.